The third-order valence-corrected chi connectivity index (χ3v) is 6.51. The van der Waals surface area contributed by atoms with Gasteiger partial charge in [-0.2, -0.15) is 0 Å². The molecule has 5 nitrogen and oxygen atoms in total. The Morgan fingerprint density at radius 1 is 1.12 bits per heavy atom. The minimum Gasteiger partial charge on any atom is -0.494 e. The van der Waals surface area contributed by atoms with Gasteiger partial charge in [-0.3, -0.25) is 4.79 Å². The molecule has 0 radical (unpaired) electrons. The third kappa shape index (κ3) is 4.68. The Hall–Kier alpha value is -3.08. The maximum Gasteiger partial charge on any atom is 0.335 e. The van der Waals surface area contributed by atoms with Gasteiger partial charge in [-0.1, -0.05) is 62.4 Å². The van der Waals surface area contributed by atoms with Crippen LogP contribution in [0.25, 0.3) is 0 Å². The number of nitrogens with zero attached hydrogens (tertiary/aromatic N) is 1. The van der Waals surface area contributed by atoms with E-state index in [-0.39, 0.29) is 11.9 Å². The lowest BCUT2D eigenvalue weighted by Gasteiger charge is -2.37. The van der Waals surface area contributed by atoms with Gasteiger partial charge < -0.3 is 14.4 Å². The van der Waals surface area contributed by atoms with E-state index in [4.69, 9.17) is 9.47 Å². The summed E-state index contributed by atoms with van der Waals surface area (Å²) < 4.78 is 11.8. The van der Waals surface area contributed by atoms with E-state index in [9.17, 15) is 9.59 Å². The molecular formula is C28H33NO4. The highest BCUT2D eigenvalue weighted by molar-refractivity contribution is 5.94. The Morgan fingerprint density at radius 3 is 2.58 bits per heavy atom. The highest BCUT2D eigenvalue weighted by atomic mass is 16.6. The summed E-state index contributed by atoms with van der Waals surface area (Å²) in [6.07, 6.45) is 2.28. The molecule has 0 bridgehead atoms. The molecule has 2 heterocycles. The average molecular weight is 448 g/mol. The van der Waals surface area contributed by atoms with E-state index < -0.39 is 5.60 Å². The molecular weight excluding hydrogens is 414 g/mol. The first-order valence-electron chi connectivity index (χ1n) is 11.9. The minimum atomic E-state index is -0.789. The van der Waals surface area contributed by atoms with Crippen molar-refractivity contribution in [1.82, 2.24) is 4.90 Å². The van der Waals surface area contributed by atoms with Crippen LogP contribution in [-0.4, -0.2) is 36.5 Å². The summed E-state index contributed by atoms with van der Waals surface area (Å²) in [5.74, 6) is 1.03. The van der Waals surface area contributed by atoms with Gasteiger partial charge in [0.25, 0.3) is 0 Å². The second-order valence-corrected chi connectivity index (χ2v) is 9.24. The van der Waals surface area contributed by atoms with Crippen LogP contribution in [0.1, 0.15) is 51.2 Å². The fourth-order valence-corrected chi connectivity index (χ4v) is 5.06. The molecule has 0 aromatic heterocycles. The van der Waals surface area contributed by atoms with Crippen molar-refractivity contribution >= 4 is 11.9 Å². The Bertz CT molecular complexity index is 1040. The Balaban J connectivity index is 1.55. The molecule has 5 heteroatoms. The number of para-hydroxylation sites is 1. The number of benzene rings is 2. The van der Waals surface area contributed by atoms with Gasteiger partial charge in [0.1, 0.15) is 5.75 Å². The number of hydrogen-bond donors (Lipinski definition) is 0. The normalized spacial score (nSPS) is 20.1. The first kappa shape index (κ1) is 23.1. The van der Waals surface area contributed by atoms with Gasteiger partial charge in [0, 0.05) is 30.7 Å². The van der Waals surface area contributed by atoms with E-state index in [1.54, 1.807) is 0 Å². The molecule has 0 spiro atoms. The van der Waals surface area contributed by atoms with Gasteiger partial charge in [0.15, 0.2) is 5.60 Å². The zero-order chi connectivity index (χ0) is 23.4. The van der Waals surface area contributed by atoms with Crippen molar-refractivity contribution < 1.29 is 19.1 Å². The molecule has 0 N–H and O–H groups in total. The molecule has 1 atom stereocenters. The maximum absolute atomic E-state index is 13.2. The Morgan fingerprint density at radius 2 is 1.85 bits per heavy atom. The van der Waals surface area contributed by atoms with Crippen molar-refractivity contribution in [1.29, 1.82) is 0 Å². The zero-order valence-corrected chi connectivity index (χ0v) is 19.8. The third-order valence-electron chi connectivity index (χ3n) is 6.51. The first-order chi connectivity index (χ1) is 15.9. The van der Waals surface area contributed by atoms with Gasteiger partial charge in [0.05, 0.1) is 6.61 Å². The summed E-state index contributed by atoms with van der Waals surface area (Å²) >= 11 is 0. The number of esters is 1. The SMILES string of the molecule is CCOc1ccccc1CCC(=O)N1CCC2=C(C1)C(CC(C)C)(c1ccccc1)OC2=O. The molecule has 2 aliphatic rings. The van der Waals surface area contributed by atoms with E-state index in [1.807, 2.05) is 66.4 Å². The Kier molecular flexibility index (Phi) is 6.87. The van der Waals surface area contributed by atoms with Crippen molar-refractivity contribution in [3.63, 3.8) is 0 Å². The van der Waals surface area contributed by atoms with Crippen LogP contribution in [0.15, 0.2) is 65.7 Å². The molecule has 0 fully saturated rings. The van der Waals surface area contributed by atoms with Crippen LogP contribution in [0.2, 0.25) is 0 Å². The highest BCUT2D eigenvalue weighted by Gasteiger charge is 2.50. The lowest BCUT2D eigenvalue weighted by molar-refractivity contribution is -0.149. The van der Waals surface area contributed by atoms with Crippen molar-refractivity contribution in [2.45, 2.75) is 52.1 Å². The lowest BCUT2D eigenvalue weighted by atomic mass is 9.77. The number of hydrogen-bond acceptors (Lipinski definition) is 4. The number of cyclic esters (lactones) is 1. The topological polar surface area (TPSA) is 55.8 Å². The van der Waals surface area contributed by atoms with Crippen molar-refractivity contribution in [2.75, 3.05) is 19.7 Å². The molecule has 2 aliphatic heterocycles. The molecule has 0 saturated heterocycles. The number of amides is 1. The fourth-order valence-electron chi connectivity index (χ4n) is 5.06. The molecule has 4 rings (SSSR count). The van der Waals surface area contributed by atoms with E-state index in [0.29, 0.717) is 51.3 Å². The second-order valence-electron chi connectivity index (χ2n) is 9.24. The average Bonchev–Trinajstić information content (AvgIpc) is 3.10. The van der Waals surface area contributed by atoms with Gasteiger partial charge >= 0.3 is 5.97 Å². The molecule has 1 amide bonds. The molecule has 2 aromatic carbocycles. The van der Waals surface area contributed by atoms with Crippen LogP contribution in [0, 0.1) is 5.92 Å². The van der Waals surface area contributed by atoms with Crippen LogP contribution < -0.4 is 4.74 Å². The van der Waals surface area contributed by atoms with Gasteiger partial charge in [0.2, 0.25) is 5.91 Å². The number of aryl methyl sites for hydroxylation is 1. The molecule has 174 valence electrons. The standard InChI is InChI=1S/C28H33NO4/c1-4-32-25-13-9-8-10-21(25)14-15-26(30)29-17-16-23-24(19-29)28(18-20(2)3,33-27(23)31)22-11-6-5-7-12-22/h5-13,20H,4,14-19H2,1-3H3. The number of ether oxygens (including phenoxy) is 2. The summed E-state index contributed by atoms with van der Waals surface area (Å²) in [6, 6.07) is 17.9. The maximum atomic E-state index is 13.2. The highest BCUT2D eigenvalue weighted by Crippen LogP contribution is 2.48. The van der Waals surface area contributed by atoms with Crippen molar-refractivity contribution in [2.24, 2.45) is 5.92 Å². The van der Waals surface area contributed by atoms with Crippen LogP contribution in [-0.2, 0) is 26.3 Å². The minimum absolute atomic E-state index is 0.0960. The summed E-state index contributed by atoms with van der Waals surface area (Å²) in [7, 11) is 0. The van der Waals surface area contributed by atoms with Crippen LogP contribution >= 0.6 is 0 Å². The molecule has 1 unspecified atom stereocenters. The summed E-state index contributed by atoms with van der Waals surface area (Å²) in [5.41, 5.74) is 2.95. The fraction of sp³-hybridized carbons (Fsp3) is 0.429. The van der Waals surface area contributed by atoms with Crippen LogP contribution in [0.3, 0.4) is 0 Å². The quantitative estimate of drug-likeness (QED) is 0.532. The zero-order valence-electron chi connectivity index (χ0n) is 19.8. The second kappa shape index (κ2) is 9.82. The molecule has 0 aliphatic carbocycles. The summed E-state index contributed by atoms with van der Waals surface area (Å²) in [5, 5.41) is 0. The lowest BCUT2D eigenvalue weighted by Crippen LogP contribution is -2.42. The largest absolute Gasteiger partial charge is 0.494 e. The number of carbonyl (C=O) groups is 2. The van der Waals surface area contributed by atoms with E-state index in [0.717, 1.165) is 28.0 Å². The first-order valence-corrected chi connectivity index (χ1v) is 11.9. The van der Waals surface area contributed by atoms with Crippen LogP contribution in [0.4, 0.5) is 0 Å². The molecule has 0 saturated carbocycles. The monoisotopic (exact) mass is 447 g/mol. The van der Waals surface area contributed by atoms with Gasteiger partial charge in [-0.15, -0.1) is 0 Å². The predicted molar refractivity (Wildman–Crippen MR) is 128 cm³/mol. The van der Waals surface area contributed by atoms with Crippen LogP contribution in [0.5, 0.6) is 5.75 Å². The van der Waals surface area contributed by atoms with Gasteiger partial charge in [-0.05, 0) is 49.3 Å². The smallest absolute Gasteiger partial charge is 0.335 e. The number of rotatable bonds is 8. The molecule has 2 aromatic rings. The Labute approximate surface area is 196 Å². The predicted octanol–water partition coefficient (Wildman–Crippen LogP) is 5.05. The number of carbonyl (C=O) groups excluding carboxylic acids is 2. The van der Waals surface area contributed by atoms with Crippen molar-refractivity contribution in [3.05, 3.63) is 76.9 Å². The van der Waals surface area contributed by atoms with E-state index >= 15 is 0 Å². The van der Waals surface area contributed by atoms with Crippen molar-refractivity contribution in [3.8, 4) is 5.75 Å². The molecule has 33 heavy (non-hydrogen) atoms. The van der Waals surface area contributed by atoms with E-state index in [1.165, 1.54) is 0 Å². The summed E-state index contributed by atoms with van der Waals surface area (Å²) in [4.78, 5) is 28.0. The van der Waals surface area contributed by atoms with E-state index in [2.05, 4.69) is 13.8 Å². The summed E-state index contributed by atoms with van der Waals surface area (Å²) in [6.45, 7) is 7.82. The van der Waals surface area contributed by atoms with Gasteiger partial charge in [-0.25, -0.2) is 4.79 Å².